The van der Waals surface area contributed by atoms with Crippen molar-refractivity contribution >= 4 is 10.2 Å². The van der Waals surface area contributed by atoms with E-state index in [1.807, 2.05) is 60.7 Å². The molecule has 0 spiro atoms. The Morgan fingerprint density at radius 2 is 1.50 bits per heavy atom. The highest BCUT2D eigenvalue weighted by atomic mass is 32.2. The zero-order chi connectivity index (χ0) is 21.3. The van der Waals surface area contributed by atoms with Crippen LogP contribution in [0.1, 0.15) is 11.1 Å². The van der Waals surface area contributed by atoms with Crippen molar-refractivity contribution in [1.82, 2.24) is 8.61 Å². The molecule has 2 saturated heterocycles. The predicted octanol–water partition coefficient (Wildman–Crippen LogP) is 0.0993. The van der Waals surface area contributed by atoms with Crippen molar-refractivity contribution in [2.75, 3.05) is 13.1 Å². The molecule has 2 fully saturated rings. The molecule has 0 unspecified atom stereocenters. The molecular formula is C21H26N2O6S. The third-order valence-corrected chi connectivity index (χ3v) is 7.63. The molecule has 3 N–H and O–H groups in total. The van der Waals surface area contributed by atoms with E-state index in [1.165, 1.54) is 8.61 Å². The zero-order valence-corrected chi connectivity index (χ0v) is 17.2. The second-order valence-electron chi connectivity index (χ2n) is 7.75. The molecule has 0 aromatic heterocycles. The van der Waals surface area contributed by atoms with Crippen LogP contribution in [-0.2, 0) is 27.9 Å². The summed E-state index contributed by atoms with van der Waals surface area (Å²) < 4.78 is 34.6. The largest absolute Gasteiger partial charge is 0.387 e. The maximum absolute atomic E-state index is 13.3. The predicted molar refractivity (Wildman–Crippen MR) is 109 cm³/mol. The van der Waals surface area contributed by atoms with Gasteiger partial charge in [-0.1, -0.05) is 60.7 Å². The molecule has 2 aliphatic heterocycles. The molecule has 5 atom stereocenters. The molecular weight excluding hydrogens is 408 g/mol. The summed E-state index contributed by atoms with van der Waals surface area (Å²) in [5.41, 5.74) is 1.91. The van der Waals surface area contributed by atoms with Gasteiger partial charge in [0.05, 0.1) is 0 Å². The third kappa shape index (κ3) is 4.28. The normalized spacial score (nSPS) is 31.9. The minimum absolute atomic E-state index is 0.145. The summed E-state index contributed by atoms with van der Waals surface area (Å²) in [6.07, 6.45) is -4.80. The van der Waals surface area contributed by atoms with Gasteiger partial charge in [-0.3, -0.25) is 0 Å². The fourth-order valence-corrected chi connectivity index (χ4v) is 5.86. The van der Waals surface area contributed by atoms with Crippen LogP contribution < -0.4 is 0 Å². The zero-order valence-electron chi connectivity index (χ0n) is 16.4. The number of aliphatic hydroxyl groups excluding tert-OH is 3. The first kappa shape index (κ1) is 21.4. The minimum Gasteiger partial charge on any atom is -0.387 e. The van der Waals surface area contributed by atoms with Gasteiger partial charge in [0.2, 0.25) is 0 Å². The Labute approximate surface area is 176 Å². The van der Waals surface area contributed by atoms with Gasteiger partial charge in [0.15, 0.2) is 6.29 Å². The minimum atomic E-state index is -3.83. The summed E-state index contributed by atoms with van der Waals surface area (Å²) in [5, 5.41) is 29.4. The lowest BCUT2D eigenvalue weighted by molar-refractivity contribution is -0.128. The van der Waals surface area contributed by atoms with E-state index in [-0.39, 0.29) is 25.7 Å². The number of rotatable bonds is 6. The van der Waals surface area contributed by atoms with Crippen LogP contribution in [0.25, 0.3) is 0 Å². The van der Waals surface area contributed by atoms with Gasteiger partial charge in [0.25, 0.3) is 10.2 Å². The Hall–Kier alpha value is -1.85. The van der Waals surface area contributed by atoms with Gasteiger partial charge < -0.3 is 20.1 Å². The van der Waals surface area contributed by atoms with Crippen molar-refractivity contribution in [3.05, 3.63) is 71.8 Å². The Bertz CT molecular complexity index is 942. The first-order valence-electron chi connectivity index (χ1n) is 9.90. The molecule has 0 amide bonds. The molecule has 2 aliphatic rings. The van der Waals surface area contributed by atoms with Crippen molar-refractivity contribution < 1.29 is 28.5 Å². The topological polar surface area (TPSA) is 111 Å². The number of hydrogen-bond acceptors (Lipinski definition) is 6. The summed E-state index contributed by atoms with van der Waals surface area (Å²) >= 11 is 0. The number of benzene rings is 2. The number of hydrogen-bond donors (Lipinski definition) is 3. The third-order valence-electron chi connectivity index (χ3n) is 5.66. The van der Waals surface area contributed by atoms with Gasteiger partial charge in [0, 0.05) is 25.7 Å². The van der Waals surface area contributed by atoms with Gasteiger partial charge in [-0.15, -0.1) is 0 Å². The van der Waals surface area contributed by atoms with Gasteiger partial charge in [-0.05, 0) is 17.5 Å². The first-order valence-corrected chi connectivity index (χ1v) is 11.3. The Morgan fingerprint density at radius 1 is 0.900 bits per heavy atom. The summed E-state index contributed by atoms with van der Waals surface area (Å²) in [4.78, 5) is 0. The Balaban J connectivity index is 1.58. The number of ether oxygens (including phenoxy) is 1. The van der Waals surface area contributed by atoms with Crippen molar-refractivity contribution in [3.63, 3.8) is 0 Å². The van der Waals surface area contributed by atoms with E-state index in [0.717, 1.165) is 11.1 Å². The van der Waals surface area contributed by atoms with Gasteiger partial charge in [0.1, 0.15) is 18.3 Å². The van der Waals surface area contributed by atoms with Crippen LogP contribution >= 0.6 is 0 Å². The van der Waals surface area contributed by atoms with Gasteiger partial charge in [-0.2, -0.15) is 17.0 Å². The maximum atomic E-state index is 13.3. The van der Waals surface area contributed by atoms with Gasteiger partial charge in [-0.25, -0.2) is 0 Å². The number of aliphatic hydroxyl groups is 3. The molecule has 4 rings (SSSR count). The Kier molecular flexibility index (Phi) is 6.21. The summed E-state index contributed by atoms with van der Waals surface area (Å²) in [7, 11) is -3.83. The molecule has 0 radical (unpaired) electrons. The van der Waals surface area contributed by atoms with E-state index in [1.54, 1.807) is 0 Å². The van der Waals surface area contributed by atoms with Crippen LogP contribution in [0.5, 0.6) is 0 Å². The summed E-state index contributed by atoms with van der Waals surface area (Å²) in [6.45, 7) is 0.313. The van der Waals surface area contributed by atoms with Gasteiger partial charge >= 0.3 is 0 Å². The van der Waals surface area contributed by atoms with E-state index in [4.69, 9.17) is 4.74 Å². The standard InChI is InChI=1S/C21H26N2O6S/c24-19-18(29-21(26)20(19)25)14-22-13-17(11-15-7-3-1-4-8-15)23(30(22,27)28)12-16-9-5-2-6-10-16/h1-10,17-21,24-26H,11-14H2/t17-,18+,19+,20+,21+/m0/s1. The highest BCUT2D eigenvalue weighted by Gasteiger charge is 2.48. The van der Waals surface area contributed by atoms with E-state index in [2.05, 4.69) is 0 Å². The monoisotopic (exact) mass is 434 g/mol. The maximum Gasteiger partial charge on any atom is 0.282 e. The molecule has 9 heteroatoms. The quantitative estimate of drug-likeness (QED) is 0.595. The number of nitrogens with zero attached hydrogens (tertiary/aromatic N) is 2. The smallest absolute Gasteiger partial charge is 0.282 e. The van der Waals surface area contributed by atoms with Crippen LogP contribution in [0, 0.1) is 0 Å². The van der Waals surface area contributed by atoms with Crippen molar-refractivity contribution in [3.8, 4) is 0 Å². The lowest BCUT2D eigenvalue weighted by Crippen LogP contribution is -2.42. The highest BCUT2D eigenvalue weighted by molar-refractivity contribution is 7.87. The summed E-state index contributed by atoms with van der Waals surface area (Å²) in [5.74, 6) is 0. The lowest BCUT2D eigenvalue weighted by atomic mass is 10.0. The Morgan fingerprint density at radius 3 is 2.07 bits per heavy atom. The average molecular weight is 435 g/mol. The van der Waals surface area contributed by atoms with Crippen LogP contribution in [-0.4, -0.2) is 76.1 Å². The second kappa shape index (κ2) is 8.72. The lowest BCUT2D eigenvalue weighted by Gasteiger charge is -2.23. The van der Waals surface area contributed by atoms with Crippen molar-refractivity contribution in [1.29, 1.82) is 0 Å². The molecule has 2 heterocycles. The van der Waals surface area contributed by atoms with Crippen molar-refractivity contribution in [2.45, 2.75) is 43.6 Å². The molecule has 8 nitrogen and oxygen atoms in total. The van der Waals surface area contributed by atoms with E-state index in [0.29, 0.717) is 6.42 Å². The average Bonchev–Trinajstić information content (AvgIpc) is 3.11. The molecule has 30 heavy (non-hydrogen) atoms. The fourth-order valence-electron chi connectivity index (χ4n) is 4.03. The fraction of sp³-hybridized carbons (Fsp3) is 0.429. The van der Waals surface area contributed by atoms with E-state index >= 15 is 0 Å². The molecule has 2 aromatic rings. The van der Waals surface area contributed by atoms with E-state index in [9.17, 15) is 23.7 Å². The molecule has 0 saturated carbocycles. The van der Waals surface area contributed by atoms with Crippen molar-refractivity contribution in [2.24, 2.45) is 0 Å². The molecule has 162 valence electrons. The second-order valence-corrected chi connectivity index (χ2v) is 9.63. The van der Waals surface area contributed by atoms with Crippen LogP contribution in [0.3, 0.4) is 0 Å². The van der Waals surface area contributed by atoms with Crippen LogP contribution in [0.15, 0.2) is 60.7 Å². The van der Waals surface area contributed by atoms with E-state index < -0.39 is 34.8 Å². The molecule has 2 aromatic carbocycles. The molecule has 0 bridgehead atoms. The molecule has 0 aliphatic carbocycles. The summed E-state index contributed by atoms with van der Waals surface area (Å²) in [6, 6.07) is 18.8. The first-order chi connectivity index (χ1) is 14.4. The van der Waals surface area contributed by atoms with Crippen LogP contribution in [0.2, 0.25) is 0 Å². The van der Waals surface area contributed by atoms with Crippen LogP contribution in [0.4, 0.5) is 0 Å². The highest BCUT2D eigenvalue weighted by Crippen LogP contribution is 2.30. The SMILES string of the molecule is O=S1(=O)N(C[C@H]2O[C@@H](O)[C@H](O)[C@@H]2O)C[C@H](Cc2ccccc2)N1Cc1ccccc1.